The Labute approximate surface area is 179 Å². The molecule has 0 aliphatic carbocycles. The number of rotatable bonds is 7. The zero-order valence-corrected chi connectivity index (χ0v) is 17.6. The number of hydrogen-bond acceptors (Lipinski definition) is 4. The molecular formula is C22H20F2N2O4S. The van der Waals surface area contributed by atoms with Gasteiger partial charge in [0.2, 0.25) is 0 Å². The molecule has 1 amide bonds. The fourth-order valence-corrected chi connectivity index (χ4v) is 4.52. The topological polar surface area (TPSA) is 75.7 Å². The van der Waals surface area contributed by atoms with E-state index in [4.69, 9.17) is 4.74 Å². The number of halogens is 2. The van der Waals surface area contributed by atoms with E-state index in [-0.39, 0.29) is 22.9 Å². The van der Waals surface area contributed by atoms with Crippen LogP contribution in [0.25, 0.3) is 0 Å². The normalized spacial score (nSPS) is 11.1. The van der Waals surface area contributed by atoms with E-state index in [1.165, 1.54) is 29.6 Å². The lowest BCUT2D eigenvalue weighted by atomic mass is 10.2. The molecule has 0 aliphatic rings. The van der Waals surface area contributed by atoms with E-state index in [1.807, 2.05) is 0 Å². The SMILES string of the molecule is CCN(c1ccccc1)S(=O)(=O)c1ccc(OC)c(NC(=O)c2ccc(F)cc2F)c1. The van der Waals surface area contributed by atoms with Crippen molar-refractivity contribution in [3.05, 3.63) is 83.9 Å². The van der Waals surface area contributed by atoms with Gasteiger partial charge in [-0.05, 0) is 49.4 Å². The van der Waals surface area contributed by atoms with Crippen LogP contribution in [0.2, 0.25) is 0 Å². The Hall–Kier alpha value is -3.46. The van der Waals surface area contributed by atoms with E-state index in [0.717, 1.165) is 12.1 Å². The average Bonchev–Trinajstić information content (AvgIpc) is 2.74. The summed E-state index contributed by atoms with van der Waals surface area (Å²) in [7, 11) is -2.62. The fraction of sp³-hybridized carbons (Fsp3) is 0.136. The first-order valence-electron chi connectivity index (χ1n) is 9.30. The van der Waals surface area contributed by atoms with Gasteiger partial charge in [0.05, 0.1) is 28.9 Å². The summed E-state index contributed by atoms with van der Waals surface area (Å²) in [6.45, 7) is 1.88. The second kappa shape index (κ2) is 9.13. The first kappa shape index (κ1) is 22.2. The van der Waals surface area contributed by atoms with E-state index in [0.29, 0.717) is 11.8 Å². The van der Waals surface area contributed by atoms with Crippen molar-refractivity contribution in [3.8, 4) is 5.75 Å². The summed E-state index contributed by atoms with van der Waals surface area (Å²) in [5.41, 5.74) is 0.123. The average molecular weight is 446 g/mol. The molecule has 0 saturated carbocycles. The molecule has 0 fully saturated rings. The van der Waals surface area contributed by atoms with Gasteiger partial charge in [-0.15, -0.1) is 0 Å². The molecule has 0 spiro atoms. The maximum atomic E-state index is 14.0. The fourth-order valence-electron chi connectivity index (χ4n) is 3.02. The molecule has 0 atom stereocenters. The predicted molar refractivity (Wildman–Crippen MR) is 114 cm³/mol. The third-order valence-electron chi connectivity index (χ3n) is 4.51. The second-order valence-electron chi connectivity index (χ2n) is 6.45. The van der Waals surface area contributed by atoms with Crippen molar-refractivity contribution in [2.24, 2.45) is 0 Å². The molecule has 0 bridgehead atoms. The van der Waals surface area contributed by atoms with Crippen LogP contribution in [0, 0.1) is 11.6 Å². The number of carbonyl (C=O) groups is 1. The highest BCUT2D eigenvalue weighted by Crippen LogP contribution is 2.31. The van der Waals surface area contributed by atoms with Gasteiger partial charge in [0.1, 0.15) is 17.4 Å². The van der Waals surface area contributed by atoms with Gasteiger partial charge in [0, 0.05) is 12.6 Å². The lowest BCUT2D eigenvalue weighted by Crippen LogP contribution is -2.30. The van der Waals surface area contributed by atoms with E-state index in [9.17, 15) is 22.0 Å². The summed E-state index contributed by atoms with van der Waals surface area (Å²) >= 11 is 0. The number of hydrogen-bond donors (Lipinski definition) is 1. The highest BCUT2D eigenvalue weighted by Gasteiger charge is 2.25. The highest BCUT2D eigenvalue weighted by atomic mass is 32.2. The number of carbonyl (C=O) groups excluding carboxylic acids is 1. The number of anilines is 2. The van der Waals surface area contributed by atoms with Gasteiger partial charge < -0.3 is 10.1 Å². The van der Waals surface area contributed by atoms with Crippen LogP contribution in [0.15, 0.2) is 71.6 Å². The van der Waals surface area contributed by atoms with Crippen molar-refractivity contribution in [1.82, 2.24) is 0 Å². The highest BCUT2D eigenvalue weighted by molar-refractivity contribution is 7.92. The first-order chi connectivity index (χ1) is 14.8. The number of nitrogens with zero attached hydrogens (tertiary/aromatic N) is 1. The molecule has 31 heavy (non-hydrogen) atoms. The lowest BCUT2D eigenvalue weighted by Gasteiger charge is -2.23. The Morgan fingerprint density at radius 2 is 1.74 bits per heavy atom. The van der Waals surface area contributed by atoms with Gasteiger partial charge in [-0.3, -0.25) is 9.10 Å². The molecule has 3 aromatic carbocycles. The Morgan fingerprint density at radius 1 is 1.03 bits per heavy atom. The van der Waals surface area contributed by atoms with Crippen LogP contribution in [-0.2, 0) is 10.0 Å². The van der Waals surface area contributed by atoms with Gasteiger partial charge >= 0.3 is 0 Å². The molecule has 0 aromatic heterocycles. The van der Waals surface area contributed by atoms with Gasteiger partial charge in [-0.25, -0.2) is 17.2 Å². The summed E-state index contributed by atoms with van der Waals surface area (Å²) in [6, 6.07) is 15.1. The zero-order chi connectivity index (χ0) is 22.6. The molecular weight excluding hydrogens is 426 g/mol. The number of sulfonamides is 1. The maximum absolute atomic E-state index is 14.0. The third-order valence-corrected chi connectivity index (χ3v) is 6.41. The largest absolute Gasteiger partial charge is 0.495 e. The van der Waals surface area contributed by atoms with Crippen LogP contribution in [0.1, 0.15) is 17.3 Å². The monoisotopic (exact) mass is 446 g/mol. The molecule has 9 heteroatoms. The summed E-state index contributed by atoms with van der Waals surface area (Å²) in [6.07, 6.45) is 0. The number of para-hydroxylation sites is 1. The standard InChI is InChI=1S/C22H20F2N2O4S/c1-3-26(16-7-5-4-6-8-16)31(28,29)17-10-12-21(30-2)20(14-17)25-22(27)18-11-9-15(23)13-19(18)24/h4-14H,3H2,1-2H3,(H,25,27). The summed E-state index contributed by atoms with van der Waals surface area (Å²) < 4.78 is 60.0. The zero-order valence-electron chi connectivity index (χ0n) is 16.8. The van der Waals surface area contributed by atoms with Crippen molar-refractivity contribution < 1.29 is 26.7 Å². The van der Waals surface area contributed by atoms with Crippen LogP contribution in [0.3, 0.4) is 0 Å². The minimum atomic E-state index is -3.96. The van der Waals surface area contributed by atoms with Crippen LogP contribution < -0.4 is 14.4 Å². The van der Waals surface area contributed by atoms with E-state index >= 15 is 0 Å². The van der Waals surface area contributed by atoms with Crippen molar-refractivity contribution in [2.75, 3.05) is 23.3 Å². The molecule has 3 aromatic rings. The number of nitrogens with one attached hydrogen (secondary N) is 1. The summed E-state index contributed by atoms with van der Waals surface area (Å²) in [5, 5.41) is 2.44. The maximum Gasteiger partial charge on any atom is 0.264 e. The molecule has 0 heterocycles. The molecule has 162 valence electrons. The van der Waals surface area contributed by atoms with E-state index in [1.54, 1.807) is 37.3 Å². The van der Waals surface area contributed by atoms with Gasteiger partial charge in [0.15, 0.2) is 0 Å². The van der Waals surface area contributed by atoms with Crippen molar-refractivity contribution in [3.63, 3.8) is 0 Å². The van der Waals surface area contributed by atoms with Crippen LogP contribution >= 0.6 is 0 Å². The van der Waals surface area contributed by atoms with Crippen molar-refractivity contribution >= 4 is 27.3 Å². The number of methoxy groups -OCH3 is 1. The first-order valence-corrected chi connectivity index (χ1v) is 10.7. The van der Waals surface area contributed by atoms with Crippen LogP contribution in [0.4, 0.5) is 20.2 Å². The predicted octanol–water partition coefficient (Wildman–Crippen LogP) is 4.44. The lowest BCUT2D eigenvalue weighted by molar-refractivity contribution is 0.102. The number of benzene rings is 3. The Bertz CT molecular complexity index is 1200. The van der Waals surface area contributed by atoms with Crippen molar-refractivity contribution in [2.45, 2.75) is 11.8 Å². The summed E-state index contributed by atoms with van der Waals surface area (Å²) in [4.78, 5) is 12.4. The molecule has 0 saturated heterocycles. The molecule has 0 aliphatic heterocycles. The Morgan fingerprint density at radius 3 is 2.35 bits per heavy atom. The minimum Gasteiger partial charge on any atom is -0.495 e. The Kier molecular flexibility index (Phi) is 6.55. The Balaban J connectivity index is 1.99. The summed E-state index contributed by atoms with van der Waals surface area (Å²) in [5.74, 6) is -2.56. The molecule has 3 rings (SSSR count). The van der Waals surface area contributed by atoms with Gasteiger partial charge in [-0.1, -0.05) is 18.2 Å². The second-order valence-corrected chi connectivity index (χ2v) is 8.31. The van der Waals surface area contributed by atoms with Gasteiger partial charge in [-0.2, -0.15) is 0 Å². The van der Waals surface area contributed by atoms with Crippen LogP contribution in [-0.4, -0.2) is 28.0 Å². The molecule has 0 unspecified atom stereocenters. The number of amides is 1. The van der Waals surface area contributed by atoms with Gasteiger partial charge in [0.25, 0.3) is 15.9 Å². The molecule has 0 radical (unpaired) electrons. The van der Waals surface area contributed by atoms with E-state index < -0.39 is 33.1 Å². The molecule has 6 nitrogen and oxygen atoms in total. The van der Waals surface area contributed by atoms with Crippen LogP contribution in [0.5, 0.6) is 5.75 Å². The third kappa shape index (κ3) is 4.66. The number of ether oxygens (including phenoxy) is 1. The molecule has 1 N–H and O–H groups in total. The minimum absolute atomic E-state index is 0.0291. The quantitative estimate of drug-likeness (QED) is 0.582. The smallest absolute Gasteiger partial charge is 0.264 e. The van der Waals surface area contributed by atoms with E-state index in [2.05, 4.69) is 5.32 Å². The van der Waals surface area contributed by atoms with Crippen molar-refractivity contribution in [1.29, 1.82) is 0 Å².